The molecule has 1 aliphatic heterocycles. The lowest BCUT2D eigenvalue weighted by Gasteiger charge is -2.20. The molecule has 0 bridgehead atoms. The number of hydrogen-bond donors (Lipinski definition) is 2. The van der Waals surface area contributed by atoms with Crippen LogP contribution < -0.4 is 10.7 Å². The summed E-state index contributed by atoms with van der Waals surface area (Å²) in [4.78, 5) is 8.74. The Kier molecular flexibility index (Phi) is 3.00. The molecule has 2 aromatic heterocycles. The molecule has 3 aromatic rings. The van der Waals surface area contributed by atoms with Crippen molar-refractivity contribution in [2.24, 2.45) is 0 Å². The van der Waals surface area contributed by atoms with Crippen LogP contribution in [0.4, 0.5) is 10.3 Å². The highest BCUT2D eigenvalue weighted by Crippen LogP contribution is 2.34. The number of nitrogens with one attached hydrogen (secondary N) is 2. The summed E-state index contributed by atoms with van der Waals surface area (Å²) in [6, 6.07) is 10.3. The van der Waals surface area contributed by atoms with E-state index in [0.717, 1.165) is 41.6 Å². The standard InChI is InChI=1S/C16H14FN5/c17-13-3-1-11(2-4-13)14-15(12-5-7-18-8-6-12)22-16(21-14)19-9-10-20-22/h1-8,20H,9-10H2,(H,19,21). The number of imidazole rings is 1. The van der Waals surface area contributed by atoms with Gasteiger partial charge < -0.3 is 10.7 Å². The van der Waals surface area contributed by atoms with Crippen LogP contribution in [0, 0.1) is 5.82 Å². The van der Waals surface area contributed by atoms with Gasteiger partial charge in [-0.1, -0.05) is 0 Å². The maximum absolute atomic E-state index is 13.2. The van der Waals surface area contributed by atoms with Crippen LogP contribution >= 0.6 is 0 Å². The zero-order valence-electron chi connectivity index (χ0n) is 11.8. The lowest BCUT2D eigenvalue weighted by molar-refractivity contribution is 0.628. The van der Waals surface area contributed by atoms with E-state index in [2.05, 4.69) is 20.7 Å². The number of aromatic nitrogens is 3. The van der Waals surface area contributed by atoms with Crippen molar-refractivity contribution in [3.05, 3.63) is 54.6 Å². The smallest absolute Gasteiger partial charge is 0.223 e. The van der Waals surface area contributed by atoms with Gasteiger partial charge in [0, 0.05) is 36.6 Å². The van der Waals surface area contributed by atoms with E-state index in [1.807, 2.05) is 16.8 Å². The number of rotatable bonds is 2. The van der Waals surface area contributed by atoms with Gasteiger partial charge in [0.15, 0.2) is 0 Å². The van der Waals surface area contributed by atoms with Crippen LogP contribution in [0.3, 0.4) is 0 Å². The monoisotopic (exact) mass is 295 g/mol. The fraction of sp³-hybridized carbons (Fsp3) is 0.125. The molecule has 1 aliphatic rings. The number of halogens is 1. The SMILES string of the molecule is Fc1ccc(-c2nc3n(c2-c2ccncc2)NCCN3)cc1. The molecule has 2 N–H and O–H groups in total. The normalized spacial score (nSPS) is 13.1. The predicted molar refractivity (Wildman–Crippen MR) is 83.6 cm³/mol. The van der Waals surface area contributed by atoms with Crippen LogP contribution in [-0.2, 0) is 0 Å². The fourth-order valence-electron chi connectivity index (χ4n) is 2.62. The molecule has 6 heteroatoms. The van der Waals surface area contributed by atoms with Crippen molar-refractivity contribution in [2.75, 3.05) is 23.8 Å². The Bertz CT molecular complexity index is 795. The average Bonchev–Trinajstić information content (AvgIpc) is 2.96. The largest absolute Gasteiger partial charge is 0.352 e. The van der Waals surface area contributed by atoms with Crippen molar-refractivity contribution in [1.29, 1.82) is 0 Å². The Labute approximate surface area is 126 Å². The van der Waals surface area contributed by atoms with E-state index >= 15 is 0 Å². The summed E-state index contributed by atoms with van der Waals surface area (Å²) in [7, 11) is 0. The molecule has 0 saturated heterocycles. The minimum Gasteiger partial charge on any atom is -0.352 e. The van der Waals surface area contributed by atoms with Crippen molar-refractivity contribution in [3.8, 4) is 22.5 Å². The van der Waals surface area contributed by atoms with Gasteiger partial charge in [0.05, 0.1) is 5.69 Å². The molecule has 5 nitrogen and oxygen atoms in total. The Morgan fingerprint density at radius 1 is 0.955 bits per heavy atom. The van der Waals surface area contributed by atoms with Gasteiger partial charge in [0.25, 0.3) is 0 Å². The highest BCUT2D eigenvalue weighted by atomic mass is 19.1. The van der Waals surface area contributed by atoms with E-state index in [4.69, 9.17) is 0 Å². The third kappa shape index (κ3) is 2.09. The zero-order valence-corrected chi connectivity index (χ0v) is 11.8. The Morgan fingerprint density at radius 3 is 2.50 bits per heavy atom. The van der Waals surface area contributed by atoms with Crippen LogP contribution in [0.25, 0.3) is 22.5 Å². The second-order valence-corrected chi connectivity index (χ2v) is 5.05. The molecule has 0 fully saturated rings. The molecule has 1 aromatic carbocycles. The molecule has 3 heterocycles. The first-order valence-electron chi connectivity index (χ1n) is 7.10. The van der Waals surface area contributed by atoms with Crippen molar-refractivity contribution in [3.63, 3.8) is 0 Å². The van der Waals surface area contributed by atoms with E-state index < -0.39 is 0 Å². The minimum atomic E-state index is -0.255. The minimum absolute atomic E-state index is 0.255. The highest BCUT2D eigenvalue weighted by Gasteiger charge is 2.21. The summed E-state index contributed by atoms with van der Waals surface area (Å²) in [5.41, 5.74) is 6.96. The lowest BCUT2D eigenvalue weighted by Crippen LogP contribution is -2.30. The van der Waals surface area contributed by atoms with Gasteiger partial charge in [-0.25, -0.2) is 14.1 Å². The van der Waals surface area contributed by atoms with E-state index in [0.29, 0.717) is 0 Å². The van der Waals surface area contributed by atoms with Crippen molar-refractivity contribution < 1.29 is 4.39 Å². The molecule has 0 aliphatic carbocycles. The summed E-state index contributed by atoms with van der Waals surface area (Å²) < 4.78 is 15.1. The van der Waals surface area contributed by atoms with E-state index in [-0.39, 0.29) is 5.82 Å². The first kappa shape index (κ1) is 12.8. The first-order valence-corrected chi connectivity index (χ1v) is 7.10. The third-order valence-electron chi connectivity index (χ3n) is 3.63. The second kappa shape index (κ2) is 5.14. The molecule has 0 saturated carbocycles. The molecular weight excluding hydrogens is 281 g/mol. The zero-order chi connectivity index (χ0) is 14.9. The summed E-state index contributed by atoms with van der Waals surface area (Å²) in [6.45, 7) is 1.62. The van der Waals surface area contributed by atoms with E-state index in [1.54, 1.807) is 24.5 Å². The number of benzene rings is 1. The summed E-state index contributed by atoms with van der Waals surface area (Å²) >= 11 is 0. The highest BCUT2D eigenvalue weighted by molar-refractivity contribution is 5.81. The van der Waals surface area contributed by atoms with Gasteiger partial charge in [-0.3, -0.25) is 4.98 Å². The topological polar surface area (TPSA) is 54.8 Å². The number of fused-ring (bicyclic) bond motifs is 1. The molecule has 0 unspecified atom stereocenters. The molecule has 4 rings (SSSR count). The Hall–Kier alpha value is -2.89. The third-order valence-corrected chi connectivity index (χ3v) is 3.63. The Morgan fingerprint density at radius 2 is 1.73 bits per heavy atom. The van der Waals surface area contributed by atoms with Crippen LogP contribution in [0.5, 0.6) is 0 Å². The van der Waals surface area contributed by atoms with Gasteiger partial charge in [-0.2, -0.15) is 0 Å². The number of nitrogens with zero attached hydrogens (tertiary/aromatic N) is 3. The Balaban J connectivity index is 1.94. The van der Waals surface area contributed by atoms with E-state index in [9.17, 15) is 4.39 Å². The molecule has 0 amide bonds. The maximum Gasteiger partial charge on any atom is 0.223 e. The molecular formula is C16H14FN5. The van der Waals surface area contributed by atoms with Gasteiger partial charge in [-0.15, -0.1) is 0 Å². The van der Waals surface area contributed by atoms with Gasteiger partial charge in [0.1, 0.15) is 11.5 Å². The van der Waals surface area contributed by atoms with Gasteiger partial charge in [0.2, 0.25) is 5.95 Å². The molecule has 0 atom stereocenters. The summed E-state index contributed by atoms with van der Waals surface area (Å²) in [5.74, 6) is 0.506. The van der Waals surface area contributed by atoms with Crippen LogP contribution in [-0.4, -0.2) is 27.7 Å². The average molecular weight is 295 g/mol. The number of pyridine rings is 1. The molecule has 0 spiro atoms. The number of anilines is 1. The fourth-order valence-corrected chi connectivity index (χ4v) is 2.62. The first-order chi connectivity index (χ1) is 10.8. The van der Waals surface area contributed by atoms with Crippen molar-refractivity contribution in [2.45, 2.75) is 0 Å². The maximum atomic E-state index is 13.2. The molecule has 110 valence electrons. The second-order valence-electron chi connectivity index (χ2n) is 5.05. The number of hydrogen-bond acceptors (Lipinski definition) is 4. The predicted octanol–water partition coefficient (Wildman–Crippen LogP) is 2.72. The molecule has 22 heavy (non-hydrogen) atoms. The lowest BCUT2D eigenvalue weighted by atomic mass is 10.1. The van der Waals surface area contributed by atoms with Gasteiger partial charge in [-0.05, 0) is 36.4 Å². The van der Waals surface area contributed by atoms with E-state index in [1.165, 1.54) is 12.1 Å². The van der Waals surface area contributed by atoms with Crippen LogP contribution in [0.15, 0.2) is 48.8 Å². The quantitative estimate of drug-likeness (QED) is 0.763. The van der Waals surface area contributed by atoms with Crippen molar-refractivity contribution >= 4 is 5.95 Å². The van der Waals surface area contributed by atoms with Gasteiger partial charge >= 0.3 is 0 Å². The van der Waals surface area contributed by atoms with Crippen LogP contribution in [0.1, 0.15) is 0 Å². The summed E-state index contributed by atoms with van der Waals surface area (Å²) in [6.07, 6.45) is 3.50. The molecule has 0 radical (unpaired) electrons. The van der Waals surface area contributed by atoms with Crippen LogP contribution in [0.2, 0.25) is 0 Å². The van der Waals surface area contributed by atoms with Crippen molar-refractivity contribution in [1.82, 2.24) is 14.6 Å². The summed E-state index contributed by atoms with van der Waals surface area (Å²) in [5, 5.41) is 3.27.